The molecule has 0 aliphatic heterocycles. The Kier molecular flexibility index (Phi) is 3.21. The van der Waals surface area contributed by atoms with Gasteiger partial charge < -0.3 is 10.5 Å². The SMILES string of the molecule is COc1cccc(C(=O)n2c(=O)n(C)c3ccc(N)cc32)c1. The lowest BCUT2D eigenvalue weighted by Gasteiger charge is -2.05. The maximum absolute atomic E-state index is 12.7. The third-order valence-corrected chi connectivity index (χ3v) is 3.60. The summed E-state index contributed by atoms with van der Waals surface area (Å²) in [6, 6.07) is 11.7. The largest absolute Gasteiger partial charge is 0.497 e. The van der Waals surface area contributed by atoms with Crippen molar-refractivity contribution in [1.82, 2.24) is 9.13 Å². The summed E-state index contributed by atoms with van der Waals surface area (Å²) in [7, 11) is 3.14. The first-order chi connectivity index (χ1) is 10.5. The first-order valence-electron chi connectivity index (χ1n) is 6.68. The number of fused-ring (bicyclic) bond motifs is 1. The number of hydrogen-bond donors (Lipinski definition) is 1. The Morgan fingerprint density at radius 3 is 2.64 bits per heavy atom. The van der Waals surface area contributed by atoms with Gasteiger partial charge in [0.05, 0.1) is 18.1 Å². The molecule has 1 aromatic heterocycles. The normalized spacial score (nSPS) is 10.8. The van der Waals surface area contributed by atoms with Gasteiger partial charge in [0.25, 0.3) is 5.91 Å². The lowest BCUT2D eigenvalue weighted by atomic mass is 10.2. The van der Waals surface area contributed by atoms with Crippen LogP contribution in [0.25, 0.3) is 11.0 Å². The number of imidazole rings is 1. The van der Waals surface area contributed by atoms with Crippen molar-refractivity contribution in [2.24, 2.45) is 7.05 Å². The van der Waals surface area contributed by atoms with Crippen molar-refractivity contribution >= 4 is 22.6 Å². The zero-order valence-corrected chi connectivity index (χ0v) is 12.2. The van der Waals surface area contributed by atoms with Crippen LogP contribution in [-0.4, -0.2) is 22.2 Å². The van der Waals surface area contributed by atoms with Crippen molar-refractivity contribution in [2.75, 3.05) is 12.8 Å². The molecule has 0 saturated heterocycles. The number of anilines is 1. The highest BCUT2D eigenvalue weighted by atomic mass is 16.5. The van der Waals surface area contributed by atoms with Crippen molar-refractivity contribution < 1.29 is 9.53 Å². The lowest BCUT2D eigenvalue weighted by Crippen LogP contribution is -2.28. The fourth-order valence-corrected chi connectivity index (χ4v) is 2.44. The third-order valence-electron chi connectivity index (χ3n) is 3.60. The molecule has 2 N–H and O–H groups in total. The minimum atomic E-state index is -0.417. The molecule has 3 rings (SSSR count). The molecule has 0 bridgehead atoms. The van der Waals surface area contributed by atoms with Gasteiger partial charge in [0.15, 0.2) is 0 Å². The predicted molar refractivity (Wildman–Crippen MR) is 84.3 cm³/mol. The molecule has 22 heavy (non-hydrogen) atoms. The summed E-state index contributed by atoms with van der Waals surface area (Å²) < 4.78 is 7.67. The summed E-state index contributed by atoms with van der Waals surface area (Å²) in [5.74, 6) is 0.138. The fourth-order valence-electron chi connectivity index (χ4n) is 2.44. The van der Waals surface area contributed by atoms with E-state index >= 15 is 0 Å². The van der Waals surface area contributed by atoms with Crippen molar-refractivity contribution in [1.29, 1.82) is 0 Å². The summed E-state index contributed by atoms with van der Waals surface area (Å²) in [6.07, 6.45) is 0. The first kappa shape index (κ1) is 13.9. The second kappa shape index (κ2) is 5.07. The monoisotopic (exact) mass is 297 g/mol. The summed E-state index contributed by atoms with van der Waals surface area (Å²) in [4.78, 5) is 25.1. The van der Waals surface area contributed by atoms with E-state index in [2.05, 4.69) is 0 Å². The van der Waals surface area contributed by atoms with Crippen molar-refractivity contribution in [2.45, 2.75) is 0 Å². The van der Waals surface area contributed by atoms with Crippen LogP contribution in [0.15, 0.2) is 47.3 Å². The Hall–Kier alpha value is -3.02. The van der Waals surface area contributed by atoms with E-state index in [-0.39, 0.29) is 0 Å². The zero-order chi connectivity index (χ0) is 15.9. The molecule has 0 atom stereocenters. The van der Waals surface area contributed by atoms with Crippen LogP contribution < -0.4 is 16.2 Å². The van der Waals surface area contributed by atoms with Gasteiger partial charge in [-0.1, -0.05) is 6.07 Å². The molecule has 6 heteroatoms. The highest BCUT2D eigenvalue weighted by molar-refractivity contribution is 6.01. The second-order valence-corrected chi connectivity index (χ2v) is 4.96. The number of aromatic nitrogens is 2. The molecule has 0 aliphatic rings. The average molecular weight is 297 g/mol. The van der Waals surface area contributed by atoms with E-state index in [4.69, 9.17) is 10.5 Å². The molecule has 0 saturated carbocycles. The molecule has 112 valence electrons. The Bertz CT molecular complexity index is 937. The molecule has 0 amide bonds. The van der Waals surface area contributed by atoms with Crippen molar-refractivity contribution in [3.63, 3.8) is 0 Å². The Labute approximate surface area is 126 Å². The number of carbonyl (C=O) groups is 1. The smallest absolute Gasteiger partial charge is 0.335 e. The topological polar surface area (TPSA) is 79.2 Å². The number of nitrogens with zero attached hydrogens (tertiary/aromatic N) is 2. The van der Waals surface area contributed by atoms with Crippen molar-refractivity contribution in [3.8, 4) is 5.75 Å². The van der Waals surface area contributed by atoms with E-state index in [1.165, 1.54) is 11.7 Å². The molecule has 0 spiro atoms. The van der Waals surface area contributed by atoms with Gasteiger partial charge in [-0.3, -0.25) is 9.36 Å². The van der Waals surface area contributed by atoms with E-state index in [9.17, 15) is 9.59 Å². The summed E-state index contributed by atoms with van der Waals surface area (Å²) in [5, 5.41) is 0. The standard InChI is InChI=1S/C16H15N3O3/c1-18-13-7-6-11(17)9-14(13)19(16(18)21)15(20)10-4-3-5-12(8-10)22-2/h3-9H,17H2,1-2H3. The number of ether oxygens (including phenoxy) is 1. The van der Waals surface area contributed by atoms with Crippen LogP contribution in [0.1, 0.15) is 10.4 Å². The maximum atomic E-state index is 12.7. The Morgan fingerprint density at radius 2 is 1.91 bits per heavy atom. The average Bonchev–Trinajstić information content (AvgIpc) is 2.77. The summed E-state index contributed by atoms with van der Waals surface area (Å²) in [6.45, 7) is 0. The Morgan fingerprint density at radius 1 is 1.14 bits per heavy atom. The van der Waals surface area contributed by atoms with Crippen LogP contribution in [0.2, 0.25) is 0 Å². The quantitative estimate of drug-likeness (QED) is 0.729. The maximum Gasteiger partial charge on any atom is 0.335 e. The number of hydrogen-bond acceptors (Lipinski definition) is 4. The molecule has 0 radical (unpaired) electrons. The van der Waals surface area contributed by atoms with E-state index in [1.807, 2.05) is 0 Å². The van der Waals surface area contributed by atoms with Gasteiger partial charge >= 0.3 is 5.69 Å². The number of rotatable bonds is 2. The van der Waals surface area contributed by atoms with Gasteiger partial charge in [0, 0.05) is 18.3 Å². The summed E-state index contributed by atoms with van der Waals surface area (Å²) >= 11 is 0. The third kappa shape index (κ3) is 2.05. The molecule has 3 aromatic rings. The van der Waals surface area contributed by atoms with Gasteiger partial charge in [-0.05, 0) is 36.4 Å². The number of aryl methyl sites for hydroxylation is 1. The number of benzene rings is 2. The van der Waals surface area contributed by atoms with Gasteiger partial charge in [-0.25, -0.2) is 9.36 Å². The van der Waals surface area contributed by atoms with Crippen LogP contribution in [0.4, 0.5) is 5.69 Å². The molecule has 2 aromatic carbocycles. The van der Waals surface area contributed by atoms with Crippen molar-refractivity contribution in [3.05, 3.63) is 58.5 Å². The molecular weight excluding hydrogens is 282 g/mol. The minimum absolute atomic E-state index is 0.372. The molecule has 0 aliphatic carbocycles. The van der Waals surface area contributed by atoms with E-state index in [1.54, 1.807) is 49.5 Å². The highest BCUT2D eigenvalue weighted by Crippen LogP contribution is 2.19. The van der Waals surface area contributed by atoms with Gasteiger partial charge in [0.1, 0.15) is 5.75 Å². The predicted octanol–water partition coefficient (Wildman–Crippen LogP) is 1.62. The van der Waals surface area contributed by atoms with E-state index in [0.29, 0.717) is 28.0 Å². The van der Waals surface area contributed by atoms with E-state index in [0.717, 1.165) is 4.57 Å². The number of carbonyl (C=O) groups excluding carboxylic acids is 1. The number of methoxy groups -OCH3 is 1. The molecular formula is C16H15N3O3. The van der Waals surface area contributed by atoms with Gasteiger partial charge in [-0.2, -0.15) is 0 Å². The van der Waals surface area contributed by atoms with Crippen LogP contribution in [0.3, 0.4) is 0 Å². The lowest BCUT2D eigenvalue weighted by molar-refractivity contribution is 0.0960. The molecule has 0 fully saturated rings. The fraction of sp³-hybridized carbons (Fsp3) is 0.125. The van der Waals surface area contributed by atoms with Crippen LogP contribution in [0, 0.1) is 0 Å². The number of nitrogens with two attached hydrogens (primary N) is 1. The van der Waals surface area contributed by atoms with Gasteiger partial charge in [-0.15, -0.1) is 0 Å². The zero-order valence-electron chi connectivity index (χ0n) is 12.2. The number of nitrogen functional groups attached to an aromatic ring is 1. The second-order valence-electron chi connectivity index (χ2n) is 4.96. The first-order valence-corrected chi connectivity index (χ1v) is 6.68. The molecule has 0 unspecified atom stereocenters. The Balaban J connectivity index is 2.25. The summed E-state index contributed by atoms with van der Waals surface area (Å²) in [5.41, 5.74) is 7.37. The minimum Gasteiger partial charge on any atom is -0.497 e. The van der Waals surface area contributed by atoms with Crippen LogP contribution >= 0.6 is 0 Å². The van der Waals surface area contributed by atoms with Gasteiger partial charge in [0.2, 0.25) is 0 Å². The molecule has 1 heterocycles. The van der Waals surface area contributed by atoms with E-state index < -0.39 is 11.6 Å². The van der Waals surface area contributed by atoms with Crippen LogP contribution in [0.5, 0.6) is 5.75 Å². The highest BCUT2D eigenvalue weighted by Gasteiger charge is 2.18. The molecule has 6 nitrogen and oxygen atoms in total. The van der Waals surface area contributed by atoms with Crippen LogP contribution in [-0.2, 0) is 7.05 Å².